The Morgan fingerprint density at radius 2 is 0.845 bits per heavy atom. The molecule has 1 atom stereocenters. The number of anilines is 3. The van der Waals surface area contributed by atoms with Gasteiger partial charge in [-0.15, -0.1) is 34.4 Å². The highest BCUT2D eigenvalue weighted by molar-refractivity contribution is 8.03. The average Bonchev–Trinajstić information content (AvgIpc) is 4.13. The summed E-state index contributed by atoms with van der Waals surface area (Å²) in [6.45, 7) is 0. The van der Waals surface area contributed by atoms with Crippen LogP contribution in [0.25, 0.3) is 34.9 Å². The van der Waals surface area contributed by atoms with Crippen LogP contribution in [0.4, 0.5) is 17.1 Å². The van der Waals surface area contributed by atoms with Crippen molar-refractivity contribution >= 4 is 86.4 Å². The molecule has 58 heavy (non-hydrogen) atoms. The van der Waals surface area contributed by atoms with E-state index in [0.29, 0.717) is 5.25 Å². The normalized spacial score (nSPS) is 14.5. The van der Waals surface area contributed by atoms with Crippen molar-refractivity contribution in [3.05, 3.63) is 253 Å². The topological polar surface area (TPSA) is 3.24 Å². The van der Waals surface area contributed by atoms with Crippen LogP contribution in [0.3, 0.4) is 0 Å². The fourth-order valence-corrected chi connectivity index (χ4v) is 9.90. The first-order chi connectivity index (χ1) is 28.7. The van der Waals surface area contributed by atoms with Gasteiger partial charge in [-0.2, -0.15) is 0 Å². The molecule has 0 bridgehead atoms. The van der Waals surface area contributed by atoms with Gasteiger partial charge in [0.1, 0.15) is 0 Å². The minimum Gasteiger partial charge on any atom is -0.311 e. The van der Waals surface area contributed by atoms with Crippen molar-refractivity contribution in [2.45, 2.75) is 11.7 Å². The zero-order valence-electron chi connectivity index (χ0n) is 31.9. The van der Waals surface area contributed by atoms with Gasteiger partial charge in [0.25, 0.3) is 0 Å². The molecule has 0 N–H and O–H groups in total. The number of rotatable bonds is 12. The van der Waals surface area contributed by atoms with E-state index in [1.165, 1.54) is 48.7 Å². The van der Waals surface area contributed by atoms with Gasteiger partial charge in [0.2, 0.25) is 0 Å². The zero-order chi connectivity index (χ0) is 38.9. The minimum absolute atomic E-state index is 0.420. The maximum Gasteiger partial charge on any atom is 0.0462 e. The molecule has 4 heteroatoms. The first-order valence-electron chi connectivity index (χ1n) is 19.5. The van der Waals surface area contributed by atoms with E-state index in [1.807, 2.05) is 11.8 Å². The molecule has 1 aliphatic rings. The van der Waals surface area contributed by atoms with Crippen LogP contribution in [0.1, 0.15) is 49.6 Å². The first kappa shape index (κ1) is 37.4. The molecule has 8 aromatic rings. The Morgan fingerprint density at radius 1 is 0.431 bits per heavy atom. The molecule has 1 aliphatic heterocycles. The summed E-state index contributed by atoms with van der Waals surface area (Å²) in [6, 6.07) is 67.7. The third-order valence-corrected chi connectivity index (χ3v) is 13.2. The number of hydrogen-bond acceptors (Lipinski definition) is 4. The highest BCUT2D eigenvalue weighted by Crippen LogP contribution is 2.39. The molecule has 0 fully saturated rings. The average molecular weight is 800 g/mol. The summed E-state index contributed by atoms with van der Waals surface area (Å²) in [4.78, 5) is 4.87. The molecule has 6 aromatic carbocycles. The largest absolute Gasteiger partial charge is 0.311 e. The lowest BCUT2D eigenvalue weighted by molar-refractivity contribution is 1.12. The molecule has 0 radical (unpaired) electrons. The molecule has 3 heterocycles. The third kappa shape index (κ3) is 8.70. The Kier molecular flexibility index (Phi) is 11.6. The van der Waals surface area contributed by atoms with Gasteiger partial charge in [-0.1, -0.05) is 152 Å². The van der Waals surface area contributed by atoms with E-state index in [2.05, 4.69) is 233 Å². The molecule has 2 aromatic heterocycles. The van der Waals surface area contributed by atoms with Crippen molar-refractivity contribution in [1.82, 2.24) is 0 Å². The van der Waals surface area contributed by atoms with Crippen molar-refractivity contribution in [1.29, 1.82) is 0 Å². The quantitative estimate of drug-likeness (QED) is 0.113. The van der Waals surface area contributed by atoms with Gasteiger partial charge in [0.15, 0.2) is 0 Å². The van der Waals surface area contributed by atoms with E-state index in [0.717, 1.165) is 34.6 Å². The number of hydrogen-bond donors (Lipinski definition) is 0. The molecule has 0 spiro atoms. The second kappa shape index (κ2) is 18.0. The molecular weight excluding hydrogens is 759 g/mol. The van der Waals surface area contributed by atoms with Gasteiger partial charge in [0.05, 0.1) is 0 Å². The smallest absolute Gasteiger partial charge is 0.0462 e. The second-order valence-electron chi connectivity index (χ2n) is 14.1. The standard InChI is InChI=1S/C54H41NS3/c1-4-13-43(14-5-1)49(52-19-10-34-56-52)37-40-22-28-46(29-23-40)55(47-30-24-41(25-31-47)38-50(53-20-11-35-57-53)44-15-6-2-7-16-44)48-32-26-42(27-33-48)39-51(54-21-12-36-58-54)45-17-8-3-9-18-45/h1-20,22-39,54H,21H2/b49-37+,50-38+,51-39+. The number of benzene rings is 6. The fourth-order valence-electron chi connectivity index (χ4n) is 7.39. The highest BCUT2D eigenvalue weighted by atomic mass is 32.2. The van der Waals surface area contributed by atoms with Gasteiger partial charge in [-0.3, -0.25) is 0 Å². The van der Waals surface area contributed by atoms with Gasteiger partial charge >= 0.3 is 0 Å². The zero-order valence-corrected chi connectivity index (χ0v) is 34.3. The number of nitrogens with zero attached hydrogens (tertiary/aromatic N) is 1. The Bertz CT molecular complexity index is 2520. The Hall–Kier alpha value is -6.17. The maximum absolute atomic E-state index is 2.37. The Labute approximate surface area is 354 Å². The van der Waals surface area contributed by atoms with Gasteiger partial charge in [0, 0.05) is 32.1 Å². The van der Waals surface area contributed by atoms with Crippen molar-refractivity contribution < 1.29 is 0 Å². The Morgan fingerprint density at radius 3 is 1.22 bits per heavy atom. The molecule has 1 nitrogen and oxygen atoms in total. The fraction of sp³-hybridized carbons (Fsp3) is 0.0370. The molecule has 280 valence electrons. The highest BCUT2D eigenvalue weighted by Gasteiger charge is 2.19. The SMILES string of the molecule is C1=CSC(/C(=C/c2ccc(N(c3ccc(/C=C(\c4ccccc4)c4cccs4)cc3)c3ccc(/C=C(\c4ccccc4)c4cccs4)cc3)cc2)c2ccccc2)C1. The number of allylic oxidation sites excluding steroid dienone is 1. The van der Waals surface area contributed by atoms with E-state index in [9.17, 15) is 0 Å². The van der Waals surface area contributed by atoms with Crippen LogP contribution < -0.4 is 4.90 Å². The van der Waals surface area contributed by atoms with Gasteiger partial charge in [-0.25, -0.2) is 0 Å². The molecule has 1 unspecified atom stereocenters. The van der Waals surface area contributed by atoms with Crippen LogP contribution in [-0.4, -0.2) is 5.25 Å². The first-order valence-corrected chi connectivity index (χ1v) is 22.3. The van der Waals surface area contributed by atoms with Crippen molar-refractivity contribution in [2.75, 3.05) is 4.90 Å². The predicted octanol–water partition coefficient (Wildman–Crippen LogP) is 16.0. The van der Waals surface area contributed by atoms with Crippen molar-refractivity contribution in [3.63, 3.8) is 0 Å². The van der Waals surface area contributed by atoms with Crippen LogP contribution in [0, 0.1) is 0 Å². The van der Waals surface area contributed by atoms with Gasteiger partial charge < -0.3 is 4.90 Å². The molecule has 0 saturated carbocycles. The molecule has 0 amide bonds. The Balaban J connectivity index is 1.08. The van der Waals surface area contributed by atoms with Crippen LogP contribution in [0.15, 0.2) is 210 Å². The van der Waals surface area contributed by atoms with E-state index in [4.69, 9.17) is 0 Å². The lowest BCUT2D eigenvalue weighted by Gasteiger charge is -2.26. The molecular formula is C54H41NS3. The monoisotopic (exact) mass is 799 g/mol. The van der Waals surface area contributed by atoms with Crippen LogP contribution in [0.5, 0.6) is 0 Å². The van der Waals surface area contributed by atoms with E-state index < -0.39 is 0 Å². The van der Waals surface area contributed by atoms with Crippen LogP contribution >= 0.6 is 34.4 Å². The summed E-state index contributed by atoms with van der Waals surface area (Å²) in [5, 5.41) is 6.95. The second-order valence-corrected chi connectivity index (χ2v) is 17.1. The lowest BCUT2D eigenvalue weighted by Crippen LogP contribution is -2.10. The summed E-state index contributed by atoms with van der Waals surface area (Å²) in [6.07, 6.45) is 10.3. The van der Waals surface area contributed by atoms with E-state index >= 15 is 0 Å². The molecule has 0 aliphatic carbocycles. The van der Waals surface area contributed by atoms with Crippen molar-refractivity contribution in [3.8, 4) is 0 Å². The van der Waals surface area contributed by atoms with E-state index in [-0.39, 0.29) is 0 Å². The molecule has 9 rings (SSSR count). The van der Waals surface area contributed by atoms with E-state index in [1.54, 1.807) is 22.7 Å². The summed E-state index contributed by atoms with van der Waals surface area (Å²) in [5.74, 6) is 0. The molecule has 0 saturated heterocycles. The minimum atomic E-state index is 0.420. The number of thioether (sulfide) groups is 1. The third-order valence-electron chi connectivity index (χ3n) is 10.3. The summed E-state index contributed by atoms with van der Waals surface area (Å²) in [5.41, 5.74) is 14.3. The number of thiophene rings is 2. The lowest BCUT2D eigenvalue weighted by atomic mass is 9.98. The van der Waals surface area contributed by atoms with Gasteiger partial charge in [-0.05, 0) is 133 Å². The summed E-state index contributed by atoms with van der Waals surface area (Å²) < 4.78 is 0. The van der Waals surface area contributed by atoms with Crippen molar-refractivity contribution in [2.24, 2.45) is 0 Å². The maximum atomic E-state index is 2.37. The predicted molar refractivity (Wildman–Crippen MR) is 256 cm³/mol. The van der Waals surface area contributed by atoms with Crippen LogP contribution in [0.2, 0.25) is 0 Å². The summed E-state index contributed by atoms with van der Waals surface area (Å²) in [7, 11) is 0. The summed E-state index contributed by atoms with van der Waals surface area (Å²) >= 11 is 5.45. The van der Waals surface area contributed by atoms with Crippen LogP contribution in [-0.2, 0) is 0 Å².